The third-order valence-corrected chi connectivity index (χ3v) is 1.95. The summed E-state index contributed by atoms with van der Waals surface area (Å²) in [6.07, 6.45) is 1.44. The summed E-state index contributed by atoms with van der Waals surface area (Å²) in [5.41, 5.74) is 0. The molecule has 0 bridgehead atoms. The zero-order chi connectivity index (χ0) is 9.56. The van der Waals surface area contributed by atoms with E-state index in [1.165, 1.54) is 0 Å². The summed E-state index contributed by atoms with van der Waals surface area (Å²) in [6, 6.07) is 0.373. The molecule has 0 aromatic rings. The van der Waals surface area contributed by atoms with Gasteiger partial charge in [0.2, 0.25) is 0 Å². The average Bonchev–Trinajstić information content (AvgIpc) is 2.01. The first-order valence-corrected chi connectivity index (χ1v) is 5.14. The predicted molar refractivity (Wildman–Crippen MR) is 55.8 cm³/mol. The van der Waals surface area contributed by atoms with Crippen LogP contribution >= 0.6 is 12.6 Å². The van der Waals surface area contributed by atoms with Crippen molar-refractivity contribution in [1.82, 2.24) is 5.32 Å². The Morgan fingerprint density at radius 3 is 2.42 bits per heavy atom. The highest BCUT2D eigenvalue weighted by atomic mass is 32.1. The van der Waals surface area contributed by atoms with E-state index < -0.39 is 0 Å². The summed E-state index contributed by atoms with van der Waals surface area (Å²) in [6.45, 7) is 6.00. The number of rotatable bonds is 6. The minimum Gasteiger partial charge on any atom is -0.305 e. The van der Waals surface area contributed by atoms with Gasteiger partial charge in [0.25, 0.3) is 0 Å². The first-order valence-electron chi connectivity index (χ1n) is 4.51. The molecule has 3 heteroatoms. The Kier molecular flexibility index (Phi) is 6.48. The molecule has 2 nitrogen and oxygen atoms in total. The molecule has 0 radical (unpaired) electrons. The van der Waals surface area contributed by atoms with E-state index in [0.717, 1.165) is 12.2 Å². The van der Waals surface area contributed by atoms with Crippen LogP contribution in [0.15, 0.2) is 0 Å². The van der Waals surface area contributed by atoms with E-state index in [2.05, 4.69) is 31.8 Å². The van der Waals surface area contributed by atoms with Gasteiger partial charge in [-0.15, -0.1) is 0 Å². The number of Topliss-reactive ketones (excluding diaryl/α,β-unsaturated/α-hetero) is 1. The van der Waals surface area contributed by atoms with Gasteiger partial charge in [0.15, 0.2) is 0 Å². The van der Waals surface area contributed by atoms with Crippen LogP contribution in [-0.4, -0.2) is 23.6 Å². The van der Waals surface area contributed by atoms with E-state index >= 15 is 0 Å². The van der Waals surface area contributed by atoms with Gasteiger partial charge in [0.1, 0.15) is 5.78 Å². The lowest BCUT2D eigenvalue weighted by Gasteiger charge is -2.18. The molecule has 0 aliphatic carbocycles. The maximum absolute atomic E-state index is 11.3. The van der Waals surface area contributed by atoms with Crippen molar-refractivity contribution in [3.63, 3.8) is 0 Å². The van der Waals surface area contributed by atoms with Crippen LogP contribution in [0.2, 0.25) is 0 Å². The zero-order valence-electron chi connectivity index (χ0n) is 8.13. The van der Waals surface area contributed by atoms with Crippen molar-refractivity contribution in [2.45, 2.75) is 45.7 Å². The van der Waals surface area contributed by atoms with Crippen LogP contribution in [0.4, 0.5) is 0 Å². The second-order valence-corrected chi connectivity index (χ2v) is 3.65. The Morgan fingerprint density at radius 1 is 1.50 bits per heavy atom. The van der Waals surface area contributed by atoms with Crippen molar-refractivity contribution in [1.29, 1.82) is 0 Å². The Labute approximate surface area is 80.5 Å². The van der Waals surface area contributed by atoms with Crippen molar-refractivity contribution in [3.05, 3.63) is 0 Å². The Morgan fingerprint density at radius 2 is 2.08 bits per heavy atom. The van der Waals surface area contributed by atoms with Crippen LogP contribution in [0.25, 0.3) is 0 Å². The summed E-state index contributed by atoms with van der Waals surface area (Å²) >= 11 is 4.12. The third-order valence-electron chi connectivity index (χ3n) is 1.69. The maximum atomic E-state index is 11.3. The fourth-order valence-electron chi connectivity index (χ4n) is 1.12. The lowest BCUT2D eigenvalue weighted by Crippen LogP contribution is -2.40. The standard InChI is InChI=1S/C9H19NOS/c1-4-9(11)8(5-6-12)10-7(2)3/h7-8,10,12H,4-6H2,1-3H3. The van der Waals surface area contributed by atoms with Crippen molar-refractivity contribution in [2.75, 3.05) is 5.75 Å². The molecule has 0 aromatic heterocycles. The van der Waals surface area contributed by atoms with Gasteiger partial charge < -0.3 is 5.32 Å². The van der Waals surface area contributed by atoms with Gasteiger partial charge in [-0.2, -0.15) is 12.6 Å². The molecule has 1 atom stereocenters. The van der Waals surface area contributed by atoms with Crippen LogP contribution in [0.1, 0.15) is 33.6 Å². The van der Waals surface area contributed by atoms with Gasteiger partial charge in [-0.1, -0.05) is 20.8 Å². The summed E-state index contributed by atoms with van der Waals surface area (Å²) in [7, 11) is 0. The number of thiol groups is 1. The largest absolute Gasteiger partial charge is 0.305 e. The lowest BCUT2D eigenvalue weighted by atomic mass is 10.1. The average molecular weight is 189 g/mol. The molecule has 1 N–H and O–H groups in total. The van der Waals surface area contributed by atoms with Crippen molar-refractivity contribution < 1.29 is 4.79 Å². The number of hydrogen-bond donors (Lipinski definition) is 2. The number of ketones is 1. The lowest BCUT2D eigenvalue weighted by molar-refractivity contribution is -0.121. The van der Waals surface area contributed by atoms with Crippen LogP contribution in [0, 0.1) is 0 Å². The van der Waals surface area contributed by atoms with Crippen molar-refractivity contribution in [3.8, 4) is 0 Å². The molecule has 0 aromatic carbocycles. The number of nitrogens with one attached hydrogen (secondary N) is 1. The molecular formula is C9H19NOS. The summed E-state index contributed by atoms with van der Waals surface area (Å²) in [4.78, 5) is 11.3. The molecule has 0 saturated carbocycles. The monoisotopic (exact) mass is 189 g/mol. The van der Waals surface area contributed by atoms with Gasteiger partial charge in [-0.25, -0.2) is 0 Å². The first kappa shape index (κ1) is 12.0. The molecule has 12 heavy (non-hydrogen) atoms. The van der Waals surface area contributed by atoms with Crippen LogP contribution in [-0.2, 0) is 4.79 Å². The van der Waals surface area contributed by atoms with E-state index in [9.17, 15) is 4.79 Å². The minimum atomic E-state index is 0.00694. The second kappa shape index (κ2) is 6.49. The molecule has 0 heterocycles. The number of carbonyl (C=O) groups excluding carboxylic acids is 1. The Balaban J connectivity index is 3.94. The van der Waals surface area contributed by atoms with Gasteiger partial charge in [0, 0.05) is 12.5 Å². The van der Waals surface area contributed by atoms with E-state index in [4.69, 9.17) is 0 Å². The molecule has 0 saturated heterocycles. The highest BCUT2D eigenvalue weighted by Gasteiger charge is 2.15. The predicted octanol–water partition coefficient (Wildman–Crippen LogP) is 1.65. The van der Waals surface area contributed by atoms with E-state index in [-0.39, 0.29) is 11.8 Å². The topological polar surface area (TPSA) is 29.1 Å². The number of hydrogen-bond acceptors (Lipinski definition) is 3. The fourth-order valence-corrected chi connectivity index (χ4v) is 1.37. The molecule has 0 aliphatic rings. The van der Waals surface area contributed by atoms with Crippen molar-refractivity contribution >= 4 is 18.4 Å². The van der Waals surface area contributed by atoms with Gasteiger partial charge in [-0.05, 0) is 12.2 Å². The van der Waals surface area contributed by atoms with Crippen LogP contribution < -0.4 is 5.32 Å². The quantitative estimate of drug-likeness (QED) is 0.622. The molecule has 0 amide bonds. The fraction of sp³-hybridized carbons (Fsp3) is 0.889. The summed E-state index contributed by atoms with van der Waals surface area (Å²) in [5.74, 6) is 1.05. The molecule has 0 fully saturated rings. The Hall–Kier alpha value is -0.0200. The van der Waals surface area contributed by atoms with Crippen molar-refractivity contribution in [2.24, 2.45) is 0 Å². The molecule has 1 unspecified atom stereocenters. The molecular weight excluding hydrogens is 170 g/mol. The molecule has 0 spiro atoms. The van der Waals surface area contributed by atoms with Crippen LogP contribution in [0.3, 0.4) is 0 Å². The molecule has 0 aliphatic heterocycles. The maximum Gasteiger partial charge on any atom is 0.149 e. The molecule has 72 valence electrons. The third kappa shape index (κ3) is 4.78. The normalized spacial score (nSPS) is 13.4. The SMILES string of the molecule is CCC(=O)C(CCS)NC(C)C. The molecule has 0 rings (SSSR count). The minimum absolute atomic E-state index is 0.00694. The van der Waals surface area contributed by atoms with E-state index in [1.54, 1.807) is 0 Å². The second-order valence-electron chi connectivity index (χ2n) is 3.21. The zero-order valence-corrected chi connectivity index (χ0v) is 9.03. The summed E-state index contributed by atoms with van der Waals surface area (Å²) in [5, 5.41) is 3.23. The van der Waals surface area contributed by atoms with Gasteiger partial charge in [-0.3, -0.25) is 4.79 Å². The first-order chi connectivity index (χ1) is 5.61. The summed E-state index contributed by atoms with van der Waals surface area (Å²) < 4.78 is 0. The highest BCUT2D eigenvalue weighted by molar-refractivity contribution is 7.80. The highest BCUT2D eigenvalue weighted by Crippen LogP contribution is 2.00. The Bertz CT molecular complexity index is 136. The van der Waals surface area contributed by atoms with Gasteiger partial charge in [0.05, 0.1) is 6.04 Å². The van der Waals surface area contributed by atoms with Gasteiger partial charge >= 0.3 is 0 Å². The number of carbonyl (C=O) groups is 1. The van der Waals surface area contributed by atoms with Crippen LogP contribution in [0.5, 0.6) is 0 Å². The van der Waals surface area contributed by atoms with E-state index in [0.29, 0.717) is 12.5 Å². The smallest absolute Gasteiger partial charge is 0.149 e. The van der Waals surface area contributed by atoms with E-state index in [1.807, 2.05) is 6.92 Å².